The highest BCUT2D eigenvalue weighted by Crippen LogP contribution is 2.75. The van der Waals surface area contributed by atoms with Crippen molar-refractivity contribution in [3.8, 4) is 0 Å². The van der Waals surface area contributed by atoms with Gasteiger partial charge in [0, 0.05) is 11.3 Å². The number of ether oxygens (including phenoxy) is 1. The van der Waals surface area contributed by atoms with Gasteiger partial charge in [0.1, 0.15) is 6.61 Å². The number of carbonyl (C=O) groups excluding carboxylic acids is 2. The Morgan fingerprint density at radius 1 is 1.00 bits per heavy atom. The summed E-state index contributed by atoms with van der Waals surface area (Å²) in [6.07, 6.45) is 11.1. The molecule has 5 nitrogen and oxygen atoms in total. The summed E-state index contributed by atoms with van der Waals surface area (Å²) >= 11 is 0. The molecule has 0 spiro atoms. The van der Waals surface area contributed by atoms with E-state index in [1.807, 2.05) is 6.92 Å². The lowest BCUT2D eigenvalue weighted by molar-refractivity contribution is -0.176. The topological polar surface area (TPSA) is 65.0 Å². The van der Waals surface area contributed by atoms with E-state index in [0.29, 0.717) is 18.3 Å². The van der Waals surface area contributed by atoms with Crippen LogP contribution in [0.4, 0.5) is 0 Å². The third-order valence-corrected chi connectivity index (χ3v) is 13.3. The summed E-state index contributed by atoms with van der Waals surface area (Å²) in [4.78, 5) is 32.9. The molecule has 0 bridgehead atoms. The van der Waals surface area contributed by atoms with E-state index in [2.05, 4.69) is 59.7 Å². The molecule has 0 aromatic heterocycles. The fourth-order valence-corrected chi connectivity index (χ4v) is 10.7. The summed E-state index contributed by atoms with van der Waals surface area (Å²) < 4.78 is 5.27. The van der Waals surface area contributed by atoms with Gasteiger partial charge in [-0.05, 0) is 111 Å². The fraction of sp³-hybridized carbons (Fsp3) is 0.848. The zero-order valence-corrected chi connectivity index (χ0v) is 25.5. The Morgan fingerprint density at radius 2 is 1.68 bits per heavy atom. The Labute approximate surface area is 230 Å². The number of hydrogen-bond donors (Lipinski definition) is 0. The van der Waals surface area contributed by atoms with Crippen molar-refractivity contribution in [1.82, 2.24) is 0 Å². The zero-order chi connectivity index (χ0) is 27.9. The Bertz CT molecular complexity index is 1090. The quantitative estimate of drug-likeness (QED) is 0.282. The molecule has 0 N–H and O–H groups in total. The minimum Gasteiger partial charge on any atom is -0.469 e. The molecule has 0 heterocycles. The van der Waals surface area contributed by atoms with Crippen LogP contribution >= 0.6 is 0 Å². The monoisotopic (exact) mass is 525 g/mol. The standard InChI is InChI=1S/C33H51NO4/c1-10-38-34-25-12-13-31(6)24(28(25,2)3)11-14-33(8)26(31)23(35)19-21-22-20-30(5,27(36)37-9)16-15-29(22,4)17-18-32(21,33)7/h19,22,24,26H,10-18,20H2,1-9H3/b34-25-/t22-,24-,26+,29?,30+,31-,32+,33+/m0/s1. The molecule has 0 aliphatic heterocycles. The Hall–Kier alpha value is -1.65. The lowest BCUT2D eigenvalue weighted by Gasteiger charge is -2.70. The van der Waals surface area contributed by atoms with Crippen LogP contribution in [0.2, 0.25) is 0 Å². The maximum absolute atomic E-state index is 14.5. The first kappa shape index (κ1) is 27.9. The summed E-state index contributed by atoms with van der Waals surface area (Å²) in [6, 6.07) is 0. The third-order valence-electron chi connectivity index (χ3n) is 13.3. The maximum atomic E-state index is 14.5. The highest BCUT2D eigenvalue weighted by Gasteiger charge is 2.70. The van der Waals surface area contributed by atoms with Gasteiger partial charge < -0.3 is 9.57 Å². The van der Waals surface area contributed by atoms with Gasteiger partial charge in [-0.15, -0.1) is 0 Å². The molecular formula is C33H51NO4. The maximum Gasteiger partial charge on any atom is 0.311 e. The highest BCUT2D eigenvalue weighted by molar-refractivity contribution is 5.97. The van der Waals surface area contributed by atoms with Gasteiger partial charge in [-0.2, -0.15) is 0 Å². The number of carbonyl (C=O) groups is 2. The van der Waals surface area contributed by atoms with Crippen molar-refractivity contribution in [2.45, 2.75) is 113 Å². The van der Waals surface area contributed by atoms with Crippen molar-refractivity contribution in [1.29, 1.82) is 0 Å². The molecule has 5 aliphatic rings. The van der Waals surface area contributed by atoms with Crippen molar-refractivity contribution in [3.63, 3.8) is 0 Å². The number of esters is 1. The van der Waals surface area contributed by atoms with E-state index in [9.17, 15) is 9.59 Å². The molecule has 8 atom stereocenters. The summed E-state index contributed by atoms with van der Waals surface area (Å²) in [5.74, 6) is 0.896. The van der Waals surface area contributed by atoms with E-state index < -0.39 is 5.41 Å². The first-order valence-electron chi connectivity index (χ1n) is 15.2. The van der Waals surface area contributed by atoms with Crippen molar-refractivity contribution >= 4 is 17.5 Å². The predicted molar refractivity (Wildman–Crippen MR) is 151 cm³/mol. The van der Waals surface area contributed by atoms with Crippen LogP contribution in [0.25, 0.3) is 0 Å². The molecule has 5 rings (SSSR count). The van der Waals surface area contributed by atoms with Crippen LogP contribution in [0.3, 0.4) is 0 Å². The third kappa shape index (κ3) is 3.51. The number of ketones is 1. The molecule has 212 valence electrons. The minimum absolute atomic E-state index is 0.00959. The first-order chi connectivity index (χ1) is 17.6. The van der Waals surface area contributed by atoms with Gasteiger partial charge in [-0.1, -0.05) is 52.3 Å². The number of allylic oxidation sites excluding steroid dienone is 2. The largest absolute Gasteiger partial charge is 0.469 e. The molecule has 4 fully saturated rings. The molecule has 0 aromatic carbocycles. The molecule has 4 saturated carbocycles. The number of oxime groups is 1. The predicted octanol–water partition coefficient (Wildman–Crippen LogP) is 7.53. The Morgan fingerprint density at radius 3 is 2.34 bits per heavy atom. The molecule has 0 radical (unpaired) electrons. The van der Waals surface area contributed by atoms with E-state index in [0.717, 1.165) is 63.5 Å². The molecule has 0 amide bonds. The van der Waals surface area contributed by atoms with Crippen LogP contribution in [0.5, 0.6) is 0 Å². The van der Waals surface area contributed by atoms with E-state index in [4.69, 9.17) is 9.57 Å². The molecule has 5 heteroatoms. The van der Waals surface area contributed by atoms with Gasteiger partial charge in [0.15, 0.2) is 5.78 Å². The van der Waals surface area contributed by atoms with E-state index >= 15 is 0 Å². The van der Waals surface area contributed by atoms with Crippen molar-refractivity contribution < 1.29 is 19.2 Å². The molecule has 0 saturated heterocycles. The summed E-state index contributed by atoms with van der Waals surface area (Å²) in [6.45, 7) is 19.1. The van der Waals surface area contributed by atoms with Crippen LogP contribution in [-0.2, 0) is 19.2 Å². The first-order valence-corrected chi connectivity index (χ1v) is 15.2. The summed E-state index contributed by atoms with van der Waals surface area (Å²) in [5, 5.41) is 4.57. The van der Waals surface area contributed by atoms with Gasteiger partial charge in [0.05, 0.1) is 18.2 Å². The molecule has 0 aromatic rings. The van der Waals surface area contributed by atoms with E-state index in [1.165, 1.54) is 12.7 Å². The van der Waals surface area contributed by atoms with E-state index in [-0.39, 0.29) is 44.9 Å². The molecule has 1 unspecified atom stereocenters. The van der Waals surface area contributed by atoms with Crippen molar-refractivity contribution in [2.24, 2.45) is 55.4 Å². The van der Waals surface area contributed by atoms with Gasteiger partial charge in [-0.25, -0.2) is 0 Å². The van der Waals surface area contributed by atoms with Crippen molar-refractivity contribution in [3.05, 3.63) is 11.6 Å². The number of hydrogen-bond acceptors (Lipinski definition) is 5. The Kier molecular flexibility index (Phi) is 6.37. The summed E-state index contributed by atoms with van der Waals surface area (Å²) in [7, 11) is 1.51. The number of fused-ring (bicyclic) bond motifs is 7. The van der Waals surface area contributed by atoms with Crippen LogP contribution in [-0.4, -0.2) is 31.2 Å². The second-order valence-corrected chi connectivity index (χ2v) is 15.4. The molecular weight excluding hydrogens is 474 g/mol. The van der Waals surface area contributed by atoms with E-state index in [1.54, 1.807) is 0 Å². The van der Waals surface area contributed by atoms with Gasteiger partial charge >= 0.3 is 5.97 Å². The second-order valence-electron chi connectivity index (χ2n) is 15.4. The molecule has 38 heavy (non-hydrogen) atoms. The number of rotatable bonds is 3. The lowest BCUT2D eigenvalue weighted by atomic mass is 9.33. The SMILES string of the molecule is CCO/N=C1/CC[C@]2(C)[C@H]3C(=O)C=C4[C@@H]5C[C@](C)(C(=O)OC)CCC5(C)CC[C@@]4(C)[C@]3(C)CC[C@H]2C1(C)C. The van der Waals surface area contributed by atoms with Crippen LogP contribution in [0.15, 0.2) is 16.8 Å². The Balaban J connectivity index is 1.58. The fourth-order valence-electron chi connectivity index (χ4n) is 10.7. The van der Waals surface area contributed by atoms with Gasteiger partial charge in [-0.3, -0.25) is 9.59 Å². The average molecular weight is 526 g/mol. The second kappa shape index (κ2) is 8.67. The zero-order valence-electron chi connectivity index (χ0n) is 25.5. The lowest BCUT2D eigenvalue weighted by Crippen LogP contribution is -2.66. The van der Waals surface area contributed by atoms with Crippen LogP contribution in [0.1, 0.15) is 113 Å². The van der Waals surface area contributed by atoms with Gasteiger partial charge in [0.25, 0.3) is 0 Å². The number of methoxy groups -OCH3 is 1. The molecule has 5 aliphatic carbocycles. The van der Waals surface area contributed by atoms with Gasteiger partial charge in [0.2, 0.25) is 0 Å². The smallest absolute Gasteiger partial charge is 0.311 e. The number of nitrogens with zero attached hydrogens (tertiary/aromatic N) is 1. The normalized spacial score (nSPS) is 48.7. The van der Waals surface area contributed by atoms with Crippen molar-refractivity contribution in [2.75, 3.05) is 13.7 Å². The van der Waals surface area contributed by atoms with Crippen LogP contribution in [0, 0.1) is 50.2 Å². The summed E-state index contributed by atoms with van der Waals surface area (Å²) in [5.41, 5.74) is 1.87. The minimum atomic E-state index is -0.480. The highest BCUT2D eigenvalue weighted by atomic mass is 16.6. The average Bonchev–Trinajstić information content (AvgIpc) is 2.85. The van der Waals surface area contributed by atoms with Crippen LogP contribution < -0.4 is 0 Å².